The SMILES string of the molecule is CCNC(Cc1cc(Br)ccc1F)C1(C)CCCS1. The molecule has 1 N–H and O–H groups in total. The topological polar surface area (TPSA) is 12.0 Å². The van der Waals surface area contributed by atoms with E-state index in [1.165, 1.54) is 18.6 Å². The number of rotatable bonds is 5. The maximum atomic E-state index is 13.9. The predicted molar refractivity (Wildman–Crippen MR) is 85.4 cm³/mol. The fourth-order valence-corrected chi connectivity index (χ4v) is 4.57. The average molecular weight is 346 g/mol. The van der Waals surface area contributed by atoms with E-state index >= 15 is 0 Å². The summed E-state index contributed by atoms with van der Waals surface area (Å²) in [4.78, 5) is 0. The van der Waals surface area contributed by atoms with Gasteiger partial charge in [-0.2, -0.15) is 11.8 Å². The lowest BCUT2D eigenvalue weighted by molar-refractivity contribution is 0.401. The molecular weight excluding hydrogens is 325 g/mol. The zero-order chi connectivity index (χ0) is 13.9. The van der Waals surface area contributed by atoms with Crippen molar-refractivity contribution in [2.24, 2.45) is 0 Å². The van der Waals surface area contributed by atoms with Crippen LogP contribution in [0.15, 0.2) is 22.7 Å². The molecule has 2 unspecified atom stereocenters. The van der Waals surface area contributed by atoms with Crippen molar-refractivity contribution in [2.45, 2.75) is 43.9 Å². The highest BCUT2D eigenvalue weighted by Gasteiger charge is 2.37. The van der Waals surface area contributed by atoms with Gasteiger partial charge in [-0.1, -0.05) is 22.9 Å². The molecule has 106 valence electrons. The number of benzene rings is 1. The van der Waals surface area contributed by atoms with Crippen LogP contribution in [0.25, 0.3) is 0 Å². The zero-order valence-corrected chi connectivity index (χ0v) is 13.9. The zero-order valence-electron chi connectivity index (χ0n) is 11.5. The third-order valence-electron chi connectivity index (χ3n) is 3.87. The van der Waals surface area contributed by atoms with E-state index in [1.54, 1.807) is 12.1 Å². The van der Waals surface area contributed by atoms with E-state index < -0.39 is 0 Å². The van der Waals surface area contributed by atoms with Gasteiger partial charge >= 0.3 is 0 Å². The van der Waals surface area contributed by atoms with Crippen LogP contribution in [-0.4, -0.2) is 23.1 Å². The number of halogens is 2. The summed E-state index contributed by atoms with van der Waals surface area (Å²) in [5.74, 6) is 1.12. The molecule has 1 heterocycles. The molecule has 0 aliphatic carbocycles. The van der Waals surface area contributed by atoms with Crippen LogP contribution in [-0.2, 0) is 6.42 Å². The quantitative estimate of drug-likeness (QED) is 0.848. The summed E-state index contributed by atoms with van der Waals surface area (Å²) < 4.78 is 15.1. The molecule has 19 heavy (non-hydrogen) atoms. The van der Waals surface area contributed by atoms with E-state index in [0.29, 0.717) is 6.04 Å². The van der Waals surface area contributed by atoms with Crippen LogP contribution in [0.4, 0.5) is 4.39 Å². The molecule has 1 aromatic carbocycles. The van der Waals surface area contributed by atoms with Crippen LogP contribution in [0.1, 0.15) is 32.3 Å². The Morgan fingerprint density at radius 1 is 1.53 bits per heavy atom. The standard InChI is InChI=1S/C15H21BrFNS/c1-3-18-14(15(2)7-4-8-19-15)10-11-9-12(16)5-6-13(11)17/h5-6,9,14,18H,3-4,7-8,10H2,1-2H3. The molecule has 2 atom stereocenters. The summed E-state index contributed by atoms with van der Waals surface area (Å²) in [6.45, 7) is 5.36. The normalized spacial score (nSPS) is 24.6. The van der Waals surface area contributed by atoms with Crippen LogP contribution in [0.2, 0.25) is 0 Å². The van der Waals surface area contributed by atoms with Crippen molar-refractivity contribution >= 4 is 27.7 Å². The number of hydrogen-bond donors (Lipinski definition) is 1. The molecular formula is C15H21BrFNS. The second-order valence-corrected chi connectivity index (χ2v) is 7.86. The summed E-state index contributed by atoms with van der Waals surface area (Å²) in [5, 5.41) is 3.56. The smallest absolute Gasteiger partial charge is 0.126 e. The maximum absolute atomic E-state index is 13.9. The van der Waals surface area contributed by atoms with E-state index in [-0.39, 0.29) is 10.6 Å². The first-order valence-electron chi connectivity index (χ1n) is 6.86. The Balaban J connectivity index is 2.18. The van der Waals surface area contributed by atoms with Gasteiger partial charge in [-0.05, 0) is 62.2 Å². The third kappa shape index (κ3) is 3.73. The Morgan fingerprint density at radius 3 is 2.95 bits per heavy atom. The van der Waals surface area contributed by atoms with Gasteiger partial charge in [0.25, 0.3) is 0 Å². The van der Waals surface area contributed by atoms with Crippen molar-refractivity contribution in [3.05, 3.63) is 34.1 Å². The second-order valence-electron chi connectivity index (χ2n) is 5.31. The van der Waals surface area contributed by atoms with E-state index in [1.807, 2.05) is 17.8 Å². The Kier molecular flexibility index (Phi) is 5.32. The lowest BCUT2D eigenvalue weighted by Crippen LogP contribution is -2.46. The van der Waals surface area contributed by atoms with Crippen LogP contribution >= 0.6 is 27.7 Å². The summed E-state index contributed by atoms with van der Waals surface area (Å²) in [7, 11) is 0. The van der Waals surface area contributed by atoms with Gasteiger partial charge in [0.2, 0.25) is 0 Å². The highest BCUT2D eigenvalue weighted by Crippen LogP contribution is 2.41. The van der Waals surface area contributed by atoms with Crippen molar-refractivity contribution in [3.8, 4) is 0 Å². The molecule has 2 rings (SSSR count). The number of hydrogen-bond acceptors (Lipinski definition) is 2. The van der Waals surface area contributed by atoms with Gasteiger partial charge in [0.15, 0.2) is 0 Å². The monoisotopic (exact) mass is 345 g/mol. The van der Waals surface area contributed by atoms with Gasteiger partial charge in [-0.3, -0.25) is 0 Å². The molecule has 4 heteroatoms. The Hall–Kier alpha value is -0.0600. The highest BCUT2D eigenvalue weighted by molar-refractivity contribution is 9.10. The van der Waals surface area contributed by atoms with Crippen molar-refractivity contribution in [3.63, 3.8) is 0 Å². The van der Waals surface area contributed by atoms with E-state index in [9.17, 15) is 4.39 Å². The van der Waals surface area contributed by atoms with Crippen LogP contribution in [0.5, 0.6) is 0 Å². The molecule has 1 aromatic rings. The number of likely N-dealkylation sites (N-methyl/N-ethyl adjacent to an activating group) is 1. The lowest BCUT2D eigenvalue weighted by Gasteiger charge is -2.34. The van der Waals surface area contributed by atoms with E-state index in [0.717, 1.165) is 23.0 Å². The molecule has 1 aliphatic heterocycles. The summed E-state index contributed by atoms with van der Waals surface area (Å²) in [6, 6.07) is 5.54. The first kappa shape index (κ1) is 15.3. The van der Waals surface area contributed by atoms with Crippen molar-refractivity contribution < 1.29 is 4.39 Å². The van der Waals surface area contributed by atoms with Crippen molar-refractivity contribution in [2.75, 3.05) is 12.3 Å². The molecule has 1 saturated heterocycles. The highest BCUT2D eigenvalue weighted by atomic mass is 79.9. The van der Waals surface area contributed by atoms with Gasteiger partial charge in [0.05, 0.1) is 0 Å². The minimum absolute atomic E-state index is 0.0994. The molecule has 1 nitrogen and oxygen atoms in total. The van der Waals surface area contributed by atoms with Crippen LogP contribution < -0.4 is 5.32 Å². The van der Waals surface area contributed by atoms with E-state index in [4.69, 9.17) is 0 Å². The van der Waals surface area contributed by atoms with Gasteiger partial charge in [0, 0.05) is 15.3 Å². The molecule has 0 bridgehead atoms. The molecule has 0 saturated carbocycles. The largest absolute Gasteiger partial charge is 0.313 e. The average Bonchev–Trinajstić information content (AvgIpc) is 2.81. The Labute approximate surface area is 127 Å². The third-order valence-corrected chi connectivity index (χ3v) is 6.00. The van der Waals surface area contributed by atoms with Crippen LogP contribution in [0, 0.1) is 5.82 Å². The minimum Gasteiger partial charge on any atom is -0.313 e. The molecule has 1 aliphatic rings. The fourth-order valence-electron chi connectivity index (χ4n) is 2.75. The molecule has 1 fully saturated rings. The number of nitrogens with one attached hydrogen (secondary N) is 1. The summed E-state index contributed by atoms with van der Waals surface area (Å²) in [6.07, 6.45) is 3.23. The van der Waals surface area contributed by atoms with Gasteiger partial charge in [0.1, 0.15) is 5.82 Å². The summed E-state index contributed by atoms with van der Waals surface area (Å²) >= 11 is 5.46. The van der Waals surface area contributed by atoms with Gasteiger partial charge in [-0.25, -0.2) is 4.39 Å². The molecule has 0 amide bonds. The second kappa shape index (κ2) is 6.59. The van der Waals surface area contributed by atoms with Gasteiger partial charge < -0.3 is 5.32 Å². The molecule has 0 aromatic heterocycles. The first-order valence-corrected chi connectivity index (χ1v) is 8.64. The molecule has 0 radical (unpaired) electrons. The maximum Gasteiger partial charge on any atom is 0.126 e. The van der Waals surface area contributed by atoms with Crippen LogP contribution in [0.3, 0.4) is 0 Å². The number of thioether (sulfide) groups is 1. The fraction of sp³-hybridized carbons (Fsp3) is 0.600. The first-order chi connectivity index (χ1) is 9.05. The minimum atomic E-state index is -0.0994. The Morgan fingerprint density at radius 2 is 2.32 bits per heavy atom. The van der Waals surface area contributed by atoms with E-state index in [2.05, 4.69) is 35.1 Å². The van der Waals surface area contributed by atoms with Crippen molar-refractivity contribution in [1.29, 1.82) is 0 Å². The summed E-state index contributed by atoms with van der Waals surface area (Å²) in [5.41, 5.74) is 0.800. The Bertz CT molecular complexity index is 432. The lowest BCUT2D eigenvalue weighted by atomic mass is 9.90. The molecule has 0 spiro atoms. The predicted octanol–water partition coefficient (Wildman–Crippen LogP) is 4.39. The van der Waals surface area contributed by atoms with Crippen molar-refractivity contribution in [1.82, 2.24) is 5.32 Å². The van der Waals surface area contributed by atoms with Gasteiger partial charge in [-0.15, -0.1) is 0 Å².